The summed E-state index contributed by atoms with van der Waals surface area (Å²) in [5.41, 5.74) is 0. The van der Waals surface area contributed by atoms with Gasteiger partial charge in [0.25, 0.3) is 0 Å². The first-order valence-electron chi connectivity index (χ1n) is 5.51. The van der Waals surface area contributed by atoms with Crippen molar-refractivity contribution in [2.24, 2.45) is 5.92 Å². The second-order valence-corrected chi connectivity index (χ2v) is 4.10. The van der Waals surface area contributed by atoms with E-state index in [1.54, 1.807) is 4.68 Å². The van der Waals surface area contributed by atoms with E-state index in [4.69, 9.17) is 0 Å². The van der Waals surface area contributed by atoms with Gasteiger partial charge in [-0.15, -0.1) is 0 Å². The van der Waals surface area contributed by atoms with Gasteiger partial charge in [0.05, 0.1) is 5.21 Å². The number of aromatic nitrogens is 3. The van der Waals surface area contributed by atoms with Crippen molar-refractivity contribution in [3.63, 3.8) is 0 Å². The Kier molecular flexibility index (Phi) is 3.45. The lowest BCUT2D eigenvalue weighted by Gasteiger charge is -2.22. The van der Waals surface area contributed by atoms with E-state index in [1.807, 2.05) is 0 Å². The van der Waals surface area contributed by atoms with E-state index >= 15 is 0 Å². The molecule has 2 heterocycles. The number of nitro groups is 1. The fourth-order valence-corrected chi connectivity index (χ4v) is 1.97. The third-order valence-corrected chi connectivity index (χ3v) is 2.88. The van der Waals surface area contributed by atoms with Gasteiger partial charge >= 0.3 is 5.82 Å². The largest absolute Gasteiger partial charge is 0.410 e. The lowest BCUT2D eigenvalue weighted by molar-refractivity contribution is -0.389. The minimum atomic E-state index is -0.522. The molecule has 88 valence electrons. The standard InChI is InChI=1S/C9H15N5O2/c15-14(16)9-7-13(12-11-9)5-3-8-2-1-4-10-6-8/h7-8,10H,1-6H2. The summed E-state index contributed by atoms with van der Waals surface area (Å²) in [6.07, 6.45) is 4.82. The first-order valence-corrected chi connectivity index (χ1v) is 5.51. The molecule has 1 fully saturated rings. The number of hydrogen-bond donors (Lipinski definition) is 1. The molecule has 1 atom stereocenters. The van der Waals surface area contributed by atoms with Gasteiger partial charge in [-0.25, -0.2) is 4.68 Å². The molecule has 0 aliphatic carbocycles. The molecule has 7 nitrogen and oxygen atoms in total. The Balaban J connectivity index is 1.81. The van der Waals surface area contributed by atoms with Crippen LogP contribution in [0.4, 0.5) is 5.82 Å². The normalized spacial score (nSPS) is 20.9. The molecule has 1 aromatic heterocycles. The molecule has 7 heteroatoms. The molecule has 1 unspecified atom stereocenters. The first kappa shape index (κ1) is 11.0. The molecule has 16 heavy (non-hydrogen) atoms. The number of nitrogens with one attached hydrogen (secondary N) is 1. The Morgan fingerprint density at radius 2 is 2.56 bits per heavy atom. The minimum absolute atomic E-state index is 0.179. The van der Waals surface area contributed by atoms with Crippen molar-refractivity contribution in [1.82, 2.24) is 20.3 Å². The third kappa shape index (κ3) is 2.75. The molecule has 1 N–H and O–H groups in total. The Labute approximate surface area is 93.0 Å². The second-order valence-electron chi connectivity index (χ2n) is 4.10. The summed E-state index contributed by atoms with van der Waals surface area (Å²) in [5, 5.41) is 20.9. The third-order valence-electron chi connectivity index (χ3n) is 2.88. The fraction of sp³-hybridized carbons (Fsp3) is 0.778. The predicted octanol–water partition coefficient (Wildman–Crippen LogP) is 0.576. The van der Waals surface area contributed by atoms with Gasteiger partial charge in [0.15, 0.2) is 0 Å². The zero-order valence-corrected chi connectivity index (χ0v) is 9.00. The monoisotopic (exact) mass is 225 g/mol. The highest BCUT2D eigenvalue weighted by molar-refractivity contribution is 5.08. The van der Waals surface area contributed by atoms with E-state index in [2.05, 4.69) is 15.6 Å². The van der Waals surface area contributed by atoms with E-state index in [9.17, 15) is 10.1 Å². The molecule has 0 spiro atoms. The summed E-state index contributed by atoms with van der Waals surface area (Å²) in [4.78, 5) is 9.88. The van der Waals surface area contributed by atoms with E-state index in [-0.39, 0.29) is 5.82 Å². The number of aryl methyl sites for hydroxylation is 1. The second kappa shape index (κ2) is 5.02. The van der Waals surface area contributed by atoms with Crippen molar-refractivity contribution in [1.29, 1.82) is 0 Å². The molecule has 0 radical (unpaired) electrons. The summed E-state index contributed by atoms with van der Waals surface area (Å²) in [7, 11) is 0. The Hall–Kier alpha value is -1.50. The maximum absolute atomic E-state index is 10.4. The van der Waals surface area contributed by atoms with Gasteiger partial charge in [0.1, 0.15) is 11.3 Å². The van der Waals surface area contributed by atoms with Crippen LogP contribution >= 0.6 is 0 Å². The maximum Gasteiger partial charge on any atom is 0.410 e. The molecule has 1 aromatic rings. The van der Waals surface area contributed by atoms with E-state index < -0.39 is 4.92 Å². The van der Waals surface area contributed by atoms with Crippen LogP contribution < -0.4 is 5.32 Å². The van der Waals surface area contributed by atoms with Crippen LogP contribution in [-0.4, -0.2) is 33.0 Å². The van der Waals surface area contributed by atoms with Crippen LogP contribution in [0.15, 0.2) is 6.20 Å². The highest BCUT2D eigenvalue weighted by Crippen LogP contribution is 2.15. The van der Waals surface area contributed by atoms with Crippen LogP contribution in [0.5, 0.6) is 0 Å². The topological polar surface area (TPSA) is 85.9 Å². The van der Waals surface area contributed by atoms with Crippen molar-refractivity contribution in [2.75, 3.05) is 13.1 Å². The highest BCUT2D eigenvalue weighted by Gasteiger charge is 2.15. The van der Waals surface area contributed by atoms with Gasteiger partial charge < -0.3 is 15.4 Å². The average molecular weight is 225 g/mol. The minimum Gasteiger partial charge on any atom is -0.358 e. The molecule has 1 saturated heterocycles. The molecule has 2 rings (SSSR count). The molecule has 0 aromatic carbocycles. The average Bonchev–Trinajstić information content (AvgIpc) is 2.76. The smallest absolute Gasteiger partial charge is 0.358 e. The summed E-state index contributed by atoms with van der Waals surface area (Å²) in [5.74, 6) is 0.471. The molecular weight excluding hydrogens is 210 g/mol. The van der Waals surface area contributed by atoms with Crippen molar-refractivity contribution in [2.45, 2.75) is 25.8 Å². The van der Waals surface area contributed by atoms with Gasteiger partial charge in [-0.1, -0.05) is 0 Å². The van der Waals surface area contributed by atoms with Crippen molar-refractivity contribution in [3.8, 4) is 0 Å². The van der Waals surface area contributed by atoms with E-state index in [0.717, 1.165) is 19.5 Å². The summed E-state index contributed by atoms with van der Waals surface area (Å²) in [6, 6.07) is 0. The fourth-order valence-electron chi connectivity index (χ4n) is 1.97. The van der Waals surface area contributed by atoms with E-state index in [0.29, 0.717) is 12.5 Å². The molecule has 1 aliphatic rings. The number of hydrogen-bond acceptors (Lipinski definition) is 5. The summed E-state index contributed by atoms with van der Waals surface area (Å²) < 4.78 is 1.55. The molecule has 0 amide bonds. The number of rotatable bonds is 4. The summed E-state index contributed by atoms with van der Waals surface area (Å²) in [6.45, 7) is 2.84. The van der Waals surface area contributed by atoms with Crippen LogP contribution in [0.3, 0.4) is 0 Å². The van der Waals surface area contributed by atoms with Crippen molar-refractivity contribution in [3.05, 3.63) is 16.3 Å². The van der Waals surface area contributed by atoms with Gasteiger partial charge in [-0.05, 0) is 43.2 Å². The van der Waals surface area contributed by atoms with Gasteiger partial charge in [0.2, 0.25) is 0 Å². The first-order chi connectivity index (χ1) is 7.75. The molecular formula is C9H15N5O2. The Morgan fingerprint density at radius 1 is 1.69 bits per heavy atom. The molecule has 0 saturated carbocycles. The van der Waals surface area contributed by atoms with Crippen LogP contribution in [0, 0.1) is 16.0 Å². The Morgan fingerprint density at radius 3 is 3.19 bits per heavy atom. The van der Waals surface area contributed by atoms with Crippen LogP contribution in [0.2, 0.25) is 0 Å². The summed E-state index contributed by atoms with van der Waals surface area (Å²) >= 11 is 0. The van der Waals surface area contributed by atoms with Gasteiger partial charge in [0, 0.05) is 6.54 Å². The lowest BCUT2D eigenvalue weighted by atomic mass is 9.96. The predicted molar refractivity (Wildman–Crippen MR) is 56.9 cm³/mol. The quantitative estimate of drug-likeness (QED) is 0.598. The maximum atomic E-state index is 10.4. The van der Waals surface area contributed by atoms with E-state index in [1.165, 1.54) is 19.0 Å². The zero-order chi connectivity index (χ0) is 11.4. The number of piperidine rings is 1. The van der Waals surface area contributed by atoms with Crippen LogP contribution in [0.1, 0.15) is 19.3 Å². The molecule has 0 bridgehead atoms. The number of nitrogens with zero attached hydrogens (tertiary/aromatic N) is 4. The lowest BCUT2D eigenvalue weighted by Crippen LogP contribution is -2.30. The van der Waals surface area contributed by atoms with Gasteiger partial charge in [-0.2, -0.15) is 0 Å². The zero-order valence-electron chi connectivity index (χ0n) is 9.00. The van der Waals surface area contributed by atoms with Crippen LogP contribution in [0.25, 0.3) is 0 Å². The Bertz CT molecular complexity index is 359. The van der Waals surface area contributed by atoms with Gasteiger partial charge in [-0.3, -0.25) is 0 Å². The highest BCUT2D eigenvalue weighted by atomic mass is 16.6. The van der Waals surface area contributed by atoms with Crippen LogP contribution in [-0.2, 0) is 6.54 Å². The van der Waals surface area contributed by atoms with Crippen molar-refractivity contribution >= 4 is 5.82 Å². The molecule has 1 aliphatic heterocycles. The SMILES string of the molecule is O=[N+]([O-])c1cn(CCC2CCCNC2)nn1. The van der Waals surface area contributed by atoms with Crippen molar-refractivity contribution < 1.29 is 4.92 Å².